The predicted octanol–water partition coefficient (Wildman–Crippen LogP) is 3.48. The number of hydrogen-bond donors (Lipinski definition) is 1. The van der Waals surface area contributed by atoms with E-state index in [-0.39, 0.29) is 6.04 Å². The van der Waals surface area contributed by atoms with E-state index in [1.807, 2.05) is 0 Å². The molecular formula is C16H24N2. The summed E-state index contributed by atoms with van der Waals surface area (Å²) in [6.45, 7) is 2.43. The zero-order valence-electron chi connectivity index (χ0n) is 11.1. The molecule has 2 heteroatoms. The van der Waals surface area contributed by atoms with Gasteiger partial charge in [0.25, 0.3) is 0 Å². The summed E-state index contributed by atoms with van der Waals surface area (Å²) in [5.74, 6) is 0.711. The van der Waals surface area contributed by atoms with Crippen LogP contribution in [0.5, 0.6) is 0 Å². The maximum atomic E-state index is 6.39. The zero-order chi connectivity index (χ0) is 12.4. The van der Waals surface area contributed by atoms with Gasteiger partial charge in [0, 0.05) is 24.8 Å². The summed E-state index contributed by atoms with van der Waals surface area (Å²) in [5, 5.41) is 0. The molecule has 0 unspecified atom stereocenters. The van der Waals surface area contributed by atoms with E-state index in [2.05, 4.69) is 29.2 Å². The van der Waals surface area contributed by atoms with Crippen molar-refractivity contribution < 1.29 is 0 Å². The third-order valence-corrected chi connectivity index (χ3v) is 4.66. The molecule has 1 saturated heterocycles. The summed E-state index contributed by atoms with van der Waals surface area (Å²) in [4.78, 5) is 2.48. The van der Waals surface area contributed by atoms with Gasteiger partial charge in [-0.3, -0.25) is 0 Å². The van der Waals surface area contributed by atoms with Gasteiger partial charge in [-0.05, 0) is 49.3 Å². The largest absolute Gasteiger partial charge is 0.372 e. The molecule has 2 N–H and O–H groups in total. The van der Waals surface area contributed by atoms with Crippen LogP contribution in [0.1, 0.15) is 50.1 Å². The van der Waals surface area contributed by atoms with Crippen LogP contribution >= 0.6 is 0 Å². The summed E-state index contributed by atoms with van der Waals surface area (Å²) >= 11 is 0. The average molecular weight is 244 g/mol. The van der Waals surface area contributed by atoms with Crippen LogP contribution in [-0.4, -0.2) is 13.1 Å². The number of anilines is 1. The first-order valence-electron chi connectivity index (χ1n) is 7.45. The standard InChI is InChI=1S/C16H24N2/c17-16(13-5-1-2-6-13)14-7-9-15(10-8-14)18-11-3-4-12-18/h7-10,13,16H,1-6,11-12,17H2/t16-/m1/s1. The van der Waals surface area contributed by atoms with Crippen molar-refractivity contribution in [3.05, 3.63) is 29.8 Å². The molecule has 2 fully saturated rings. The molecule has 98 valence electrons. The van der Waals surface area contributed by atoms with Crippen molar-refractivity contribution in [2.24, 2.45) is 11.7 Å². The lowest BCUT2D eigenvalue weighted by atomic mass is 9.92. The Hall–Kier alpha value is -1.02. The van der Waals surface area contributed by atoms with E-state index >= 15 is 0 Å². The second-order valence-electron chi connectivity index (χ2n) is 5.86. The Morgan fingerprint density at radius 1 is 0.944 bits per heavy atom. The summed E-state index contributed by atoms with van der Waals surface area (Å²) < 4.78 is 0. The maximum absolute atomic E-state index is 6.39. The third kappa shape index (κ3) is 2.39. The molecule has 1 aromatic rings. The van der Waals surface area contributed by atoms with E-state index in [1.54, 1.807) is 0 Å². The van der Waals surface area contributed by atoms with Crippen LogP contribution in [0.25, 0.3) is 0 Å². The Morgan fingerprint density at radius 3 is 2.17 bits per heavy atom. The first-order valence-corrected chi connectivity index (χ1v) is 7.45. The Kier molecular flexibility index (Phi) is 3.55. The van der Waals surface area contributed by atoms with Gasteiger partial charge in [0.05, 0.1) is 0 Å². The van der Waals surface area contributed by atoms with E-state index in [4.69, 9.17) is 5.73 Å². The molecule has 0 spiro atoms. The molecule has 3 rings (SSSR count). The lowest BCUT2D eigenvalue weighted by Gasteiger charge is -2.21. The number of benzene rings is 1. The lowest BCUT2D eigenvalue weighted by Crippen LogP contribution is -2.20. The minimum absolute atomic E-state index is 0.250. The Morgan fingerprint density at radius 2 is 1.56 bits per heavy atom. The van der Waals surface area contributed by atoms with E-state index in [0.29, 0.717) is 5.92 Å². The fourth-order valence-corrected chi connectivity index (χ4v) is 3.47. The Balaban J connectivity index is 1.69. The molecule has 2 aliphatic rings. The van der Waals surface area contributed by atoms with Gasteiger partial charge in [-0.1, -0.05) is 25.0 Å². The smallest absolute Gasteiger partial charge is 0.0366 e. The zero-order valence-corrected chi connectivity index (χ0v) is 11.1. The average Bonchev–Trinajstić information content (AvgIpc) is 3.11. The predicted molar refractivity (Wildman–Crippen MR) is 76.8 cm³/mol. The second kappa shape index (κ2) is 5.31. The first-order chi connectivity index (χ1) is 8.84. The highest BCUT2D eigenvalue weighted by atomic mass is 15.1. The summed E-state index contributed by atoms with van der Waals surface area (Å²) in [7, 11) is 0. The van der Waals surface area contributed by atoms with Gasteiger partial charge in [-0.15, -0.1) is 0 Å². The van der Waals surface area contributed by atoms with Crippen molar-refractivity contribution in [2.45, 2.75) is 44.6 Å². The maximum Gasteiger partial charge on any atom is 0.0366 e. The van der Waals surface area contributed by atoms with Crippen LogP contribution in [0.4, 0.5) is 5.69 Å². The molecule has 0 aromatic heterocycles. The molecule has 0 amide bonds. The molecule has 2 nitrogen and oxygen atoms in total. The normalized spacial score (nSPS) is 22.6. The highest BCUT2D eigenvalue weighted by Gasteiger charge is 2.23. The molecule has 0 bridgehead atoms. The van der Waals surface area contributed by atoms with Gasteiger partial charge in [-0.2, -0.15) is 0 Å². The fraction of sp³-hybridized carbons (Fsp3) is 0.625. The van der Waals surface area contributed by atoms with Crippen molar-refractivity contribution >= 4 is 5.69 Å². The molecule has 1 atom stereocenters. The van der Waals surface area contributed by atoms with Crippen LogP contribution in [-0.2, 0) is 0 Å². The number of rotatable bonds is 3. The highest BCUT2D eigenvalue weighted by Crippen LogP contribution is 2.34. The molecule has 1 aliphatic heterocycles. The van der Waals surface area contributed by atoms with Gasteiger partial charge in [-0.25, -0.2) is 0 Å². The molecule has 1 heterocycles. The number of nitrogens with zero attached hydrogens (tertiary/aromatic N) is 1. The summed E-state index contributed by atoms with van der Waals surface area (Å²) in [6, 6.07) is 9.26. The highest BCUT2D eigenvalue weighted by molar-refractivity contribution is 5.48. The number of nitrogens with two attached hydrogens (primary N) is 1. The van der Waals surface area contributed by atoms with Gasteiger partial charge >= 0.3 is 0 Å². The van der Waals surface area contributed by atoms with E-state index < -0.39 is 0 Å². The van der Waals surface area contributed by atoms with E-state index in [1.165, 1.54) is 62.9 Å². The van der Waals surface area contributed by atoms with Crippen molar-refractivity contribution in [1.29, 1.82) is 0 Å². The van der Waals surface area contributed by atoms with Crippen LogP contribution < -0.4 is 10.6 Å². The van der Waals surface area contributed by atoms with Crippen LogP contribution in [0.3, 0.4) is 0 Å². The molecule has 1 saturated carbocycles. The Bertz CT molecular complexity index is 373. The molecule has 0 radical (unpaired) electrons. The quantitative estimate of drug-likeness (QED) is 0.882. The molecular weight excluding hydrogens is 220 g/mol. The summed E-state index contributed by atoms with van der Waals surface area (Å²) in [6.07, 6.45) is 8.03. The minimum atomic E-state index is 0.250. The van der Waals surface area contributed by atoms with Crippen molar-refractivity contribution in [3.63, 3.8) is 0 Å². The van der Waals surface area contributed by atoms with Crippen molar-refractivity contribution in [3.8, 4) is 0 Å². The minimum Gasteiger partial charge on any atom is -0.372 e. The van der Waals surface area contributed by atoms with Crippen LogP contribution in [0.2, 0.25) is 0 Å². The third-order valence-electron chi connectivity index (χ3n) is 4.66. The van der Waals surface area contributed by atoms with E-state index in [0.717, 1.165) is 0 Å². The number of hydrogen-bond acceptors (Lipinski definition) is 2. The Labute approximate surface area is 110 Å². The van der Waals surface area contributed by atoms with Crippen molar-refractivity contribution in [2.75, 3.05) is 18.0 Å². The van der Waals surface area contributed by atoms with Gasteiger partial charge in [0.15, 0.2) is 0 Å². The second-order valence-corrected chi connectivity index (χ2v) is 5.86. The fourth-order valence-electron chi connectivity index (χ4n) is 3.47. The molecule has 1 aromatic carbocycles. The van der Waals surface area contributed by atoms with Crippen LogP contribution in [0.15, 0.2) is 24.3 Å². The van der Waals surface area contributed by atoms with Gasteiger partial charge < -0.3 is 10.6 Å². The summed E-state index contributed by atoms with van der Waals surface area (Å²) in [5.41, 5.74) is 9.08. The van der Waals surface area contributed by atoms with E-state index in [9.17, 15) is 0 Å². The molecule has 1 aliphatic carbocycles. The van der Waals surface area contributed by atoms with Crippen molar-refractivity contribution in [1.82, 2.24) is 0 Å². The van der Waals surface area contributed by atoms with Crippen LogP contribution in [0, 0.1) is 5.92 Å². The lowest BCUT2D eigenvalue weighted by molar-refractivity contribution is 0.445. The monoisotopic (exact) mass is 244 g/mol. The first kappa shape index (κ1) is 12.0. The molecule has 18 heavy (non-hydrogen) atoms. The van der Waals surface area contributed by atoms with Gasteiger partial charge in [0.1, 0.15) is 0 Å². The van der Waals surface area contributed by atoms with Gasteiger partial charge in [0.2, 0.25) is 0 Å². The SMILES string of the molecule is N[C@@H](c1ccc(N2CCCC2)cc1)C1CCCC1. The topological polar surface area (TPSA) is 29.3 Å².